The number of fused-ring (bicyclic) bond motifs is 1. The number of nitrogens with zero attached hydrogens (tertiary/aromatic N) is 3. The van der Waals surface area contributed by atoms with Crippen molar-refractivity contribution in [1.82, 2.24) is 19.4 Å². The van der Waals surface area contributed by atoms with Crippen molar-refractivity contribution in [2.24, 2.45) is 0 Å². The first-order valence-corrected chi connectivity index (χ1v) is 9.43. The summed E-state index contributed by atoms with van der Waals surface area (Å²) >= 11 is 1.10. The van der Waals surface area contributed by atoms with E-state index in [0.717, 1.165) is 21.6 Å². The maximum absolute atomic E-state index is 13.5. The van der Waals surface area contributed by atoms with Crippen LogP contribution in [0.25, 0.3) is 11.0 Å². The molecule has 0 radical (unpaired) electrons. The van der Waals surface area contributed by atoms with E-state index >= 15 is 0 Å². The molecule has 1 atom stereocenters. The molecule has 0 aliphatic carbocycles. The minimum absolute atomic E-state index is 0.0979. The molecule has 1 amide bonds. The molecule has 144 valence electrons. The first kappa shape index (κ1) is 19.2. The van der Waals surface area contributed by atoms with Gasteiger partial charge in [-0.3, -0.25) is 14.2 Å². The van der Waals surface area contributed by atoms with Gasteiger partial charge in [-0.05, 0) is 19.1 Å². The minimum atomic E-state index is -2.71. The Morgan fingerprint density at radius 3 is 2.74 bits per heavy atom. The molecule has 1 aromatic carbocycles. The summed E-state index contributed by atoms with van der Waals surface area (Å²) in [6, 6.07) is 6.72. The van der Waals surface area contributed by atoms with E-state index in [4.69, 9.17) is 0 Å². The number of carbonyl (C=O) groups excluding carboxylic acids is 1. The molecule has 2 heterocycles. The standard InChI is InChI=1S/C18H20F2N4O2S/c1-11(9-21-15(25)7-8-23-12(2)10-27-18(23)26)16-22-13-5-3-4-6-14(13)24(16)17(19)20/h3-6,10-11,17H,7-9H2,1-2H3,(H,21,25). The Bertz CT molecular complexity index is 1010. The average Bonchev–Trinajstić information content (AvgIpc) is 3.18. The van der Waals surface area contributed by atoms with Crippen LogP contribution >= 0.6 is 11.3 Å². The molecular weight excluding hydrogens is 374 g/mol. The fourth-order valence-electron chi connectivity index (χ4n) is 2.95. The zero-order valence-corrected chi connectivity index (χ0v) is 15.8. The van der Waals surface area contributed by atoms with Crippen LogP contribution in [0.2, 0.25) is 0 Å². The number of nitrogens with one attached hydrogen (secondary N) is 1. The fraction of sp³-hybridized carbons (Fsp3) is 0.389. The number of halogens is 2. The highest BCUT2D eigenvalue weighted by molar-refractivity contribution is 7.07. The molecule has 9 heteroatoms. The first-order chi connectivity index (χ1) is 12.9. The van der Waals surface area contributed by atoms with Crippen molar-refractivity contribution in [3.63, 3.8) is 0 Å². The third-order valence-corrected chi connectivity index (χ3v) is 5.28. The van der Waals surface area contributed by atoms with Crippen molar-refractivity contribution in [2.75, 3.05) is 6.54 Å². The number of para-hydroxylation sites is 2. The molecular formula is C18H20F2N4O2S. The molecule has 0 spiro atoms. The van der Waals surface area contributed by atoms with Gasteiger partial charge in [0, 0.05) is 36.5 Å². The quantitative estimate of drug-likeness (QED) is 0.669. The van der Waals surface area contributed by atoms with Gasteiger partial charge in [0.05, 0.1) is 11.0 Å². The van der Waals surface area contributed by atoms with Gasteiger partial charge in [0.25, 0.3) is 0 Å². The van der Waals surface area contributed by atoms with Crippen LogP contribution in [0.4, 0.5) is 8.78 Å². The Balaban J connectivity index is 1.65. The second-order valence-electron chi connectivity index (χ2n) is 6.36. The molecule has 27 heavy (non-hydrogen) atoms. The summed E-state index contributed by atoms with van der Waals surface area (Å²) in [6.45, 7) is 1.33. The summed E-state index contributed by atoms with van der Waals surface area (Å²) in [7, 11) is 0. The van der Waals surface area contributed by atoms with Crippen molar-refractivity contribution in [1.29, 1.82) is 0 Å². The van der Waals surface area contributed by atoms with Crippen molar-refractivity contribution in [3.05, 3.63) is 50.8 Å². The van der Waals surface area contributed by atoms with E-state index in [2.05, 4.69) is 10.3 Å². The number of imidazole rings is 1. The highest BCUT2D eigenvalue weighted by Crippen LogP contribution is 2.27. The zero-order valence-electron chi connectivity index (χ0n) is 15.0. The second-order valence-corrected chi connectivity index (χ2v) is 7.18. The lowest BCUT2D eigenvalue weighted by Gasteiger charge is -2.15. The first-order valence-electron chi connectivity index (χ1n) is 8.55. The average molecular weight is 394 g/mol. The van der Waals surface area contributed by atoms with Crippen LogP contribution in [0.15, 0.2) is 34.4 Å². The van der Waals surface area contributed by atoms with Gasteiger partial charge in [-0.25, -0.2) is 4.98 Å². The number of rotatable bonds is 7. The molecule has 0 aliphatic rings. The molecule has 6 nitrogen and oxygen atoms in total. The van der Waals surface area contributed by atoms with Gasteiger partial charge in [0.1, 0.15) is 5.82 Å². The van der Waals surface area contributed by atoms with Crippen LogP contribution in [-0.2, 0) is 11.3 Å². The summed E-state index contributed by atoms with van der Waals surface area (Å²) in [6.07, 6.45) is 0.148. The van der Waals surface area contributed by atoms with Gasteiger partial charge in [-0.2, -0.15) is 8.78 Å². The van der Waals surface area contributed by atoms with Gasteiger partial charge in [-0.15, -0.1) is 0 Å². The molecule has 0 saturated heterocycles. The van der Waals surface area contributed by atoms with E-state index in [0.29, 0.717) is 17.6 Å². The van der Waals surface area contributed by atoms with Crippen LogP contribution in [0.3, 0.4) is 0 Å². The molecule has 1 N–H and O–H groups in total. The second kappa shape index (κ2) is 7.99. The van der Waals surface area contributed by atoms with Gasteiger partial charge in [0.15, 0.2) is 0 Å². The molecule has 2 aromatic heterocycles. The predicted octanol–water partition coefficient (Wildman–Crippen LogP) is 3.27. The third kappa shape index (κ3) is 4.08. The molecule has 3 aromatic rings. The number of carbonyl (C=O) groups is 1. The summed E-state index contributed by atoms with van der Waals surface area (Å²) in [5, 5.41) is 4.49. The van der Waals surface area contributed by atoms with E-state index in [1.165, 1.54) is 0 Å². The number of benzene rings is 1. The van der Waals surface area contributed by atoms with Crippen molar-refractivity contribution < 1.29 is 13.6 Å². The van der Waals surface area contributed by atoms with E-state index in [-0.39, 0.29) is 35.5 Å². The van der Waals surface area contributed by atoms with E-state index in [1.807, 2.05) is 6.92 Å². The number of hydrogen-bond donors (Lipinski definition) is 1. The van der Waals surface area contributed by atoms with Gasteiger partial charge in [0.2, 0.25) is 5.91 Å². The van der Waals surface area contributed by atoms with Crippen LogP contribution in [0.5, 0.6) is 0 Å². The SMILES string of the molecule is Cc1csc(=O)n1CCC(=O)NCC(C)c1nc2ccccc2n1C(F)F. The van der Waals surface area contributed by atoms with E-state index in [9.17, 15) is 18.4 Å². The lowest BCUT2D eigenvalue weighted by Crippen LogP contribution is -2.30. The molecule has 0 fully saturated rings. The lowest BCUT2D eigenvalue weighted by atomic mass is 10.1. The monoisotopic (exact) mass is 394 g/mol. The largest absolute Gasteiger partial charge is 0.355 e. The van der Waals surface area contributed by atoms with Crippen molar-refractivity contribution in [3.8, 4) is 0 Å². The maximum atomic E-state index is 13.5. The Kier molecular flexibility index (Phi) is 5.69. The Labute approximate surface area is 158 Å². The number of thiazole rings is 1. The number of aryl methyl sites for hydroxylation is 1. The van der Waals surface area contributed by atoms with Crippen LogP contribution in [0, 0.1) is 6.92 Å². The molecule has 0 bridgehead atoms. The van der Waals surface area contributed by atoms with E-state index in [1.54, 1.807) is 41.1 Å². The summed E-state index contributed by atoms with van der Waals surface area (Å²) in [4.78, 5) is 28.0. The molecule has 1 unspecified atom stereocenters. The van der Waals surface area contributed by atoms with Gasteiger partial charge < -0.3 is 9.88 Å². The normalized spacial score (nSPS) is 12.6. The Morgan fingerprint density at radius 2 is 2.07 bits per heavy atom. The summed E-state index contributed by atoms with van der Waals surface area (Å²) in [5.74, 6) is -0.392. The van der Waals surface area contributed by atoms with Gasteiger partial charge in [-0.1, -0.05) is 30.4 Å². The predicted molar refractivity (Wildman–Crippen MR) is 100 cm³/mol. The Morgan fingerprint density at radius 1 is 1.33 bits per heavy atom. The molecule has 0 saturated carbocycles. The molecule has 3 rings (SSSR count). The smallest absolute Gasteiger partial charge is 0.320 e. The van der Waals surface area contributed by atoms with Crippen LogP contribution in [-0.4, -0.2) is 26.6 Å². The number of hydrogen-bond acceptors (Lipinski definition) is 4. The lowest BCUT2D eigenvalue weighted by molar-refractivity contribution is -0.121. The molecule has 0 aliphatic heterocycles. The van der Waals surface area contributed by atoms with Crippen molar-refractivity contribution >= 4 is 28.3 Å². The van der Waals surface area contributed by atoms with Crippen LogP contribution in [0.1, 0.15) is 37.3 Å². The highest BCUT2D eigenvalue weighted by atomic mass is 32.1. The van der Waals surface area contributed by atoms with Gasteiger partial charge >= 0.3 is 11.4 Å². The zero-order chi connectivity index (χ0) is 19.6. The summed E-state index contributed by atoms with van der Waals surface area (Å²) < 4.78 is 29.5. The van der Waals surface area contributed by atoms with E-state index < -0.39 is 6.55 Å². The third-order valence-electron chi connectivity index (χ3n) is 4.40. The maximum Gasteiger partial charge on any atom is 0.320 e. The number of aromatic nitrogens is 3. The number of amides is 1. The number of alkyl halides is 2. The highest BCUT2D eigenvalue weighted by Gasteiger charge is 2.22. The van der Waals surface area contributed by atoms with Crippen molar-refractivity contribution in [2.45, 2.75) is 39.3 Å². The topological polar surface area (TPSA) is 68.9 Å². The summed E-state index contributed by atoms with van der Waals surface area (Å²) in [5.41, 5.74) is 1.68. The Hall–Kier alpha value is -2.55. The minimum Gasteiger partial charge on any atom is -0.355 e. The van der Waals surface area contributed by atoms with Crippen LogP contribution < -0.4 is 10.2 Å². The fourth-order valence-corrected chi connectivity index (χ4v) is 3.71.